The average Bonchev–Trinajstić information content (AvgIpc) is 2.25. The van der Waals surface area contributed by atoms with Gasteiger partial charge in [0.15, 0.2) is 5.69 Å². The predicted molar refractivity (Wildman–Crippen MR) is 58.9 cm³/mol. The SMILES string of the molecule is CC(C)c1ncc(N)c(C(=O)NCC(F)(F)F)n1. The maximum atomic E-state index is 12.0. The number of halogens is 3. The summed E-state index contributed by atoms with van der Waals surface area (Å²) >= 11 is 0. The van der Waals surface area contributed by atoms with Gasteiger partial charge in [-0.2, -0.15) is 13.2 Å². The van der Waals surface area contributed by atoms with Crippen LogP contribution in [0.1, 0.15) is 36.1 Å². The summed E-state index contributed by atoms with van der Waals surface area (Å²) in [6, 6.07) is 0. The summed E-state index contributed by atoms with van der Waals surface area (Å²) in [5.74, 6) is -0.671. The minimum Gasteiger partial charge on any atom is -0.396 e. The second-order valence-electron chi connectivity index (χ2n) is 3.98. The number of amides is 1. The summed E-state index contributed by atoms with van der Waals surface area (Å²) < 4.78 is 35.9. The molecule has 0 saturated carbocycles. The highest BCUT2D eigenvalue weighted by Crippen LogP contribution is 2.15. The van der Waals surface area contributed by atoms with E-state index >= 15 is 0 Å². The molecule has 1 aromatic heterocycles. The average molecular weight is 262 g/mol. The first-order valence-corrected chi connectivity index (χ1v) is 5.18. The maximum absolute atomic E-state index is 12.0. The van der Waals surface area contributed by atoms with Crippen LogP contribution in [0.5, 0.6) is 0 Å². The first kappa shape index (κ1) is 14.2. The highest BCUT2D eigenvalue weighted by Gasteiger charge is 2.28. The van der Waals surface area contributed by atoms with Gasteiger partial charge in [-0.05, 0) is 0 Å². The van der Waals surface area contributed by atoms with Crippen LogP contribution >= 0.6 is 0 Å². The van der Waals surface area contributed by atoms with Gasteiger partial charge < -0.3 is 11.1 Å². The van der Waals surface area contributed by atoms with Crippen molar-refractivity contribution >= 4 is 11.6 Å². The van der Waals surface area contributed by atoms with Crippen LogP contribution in [0.25, 0.3) is 0 Å². The summed E-state index contributed by atoms with van der Waals surface area (Å²) in [6.07, 6.45) is -3.26. The van der Waals surface area contributed by atoms with Gasteiger partial charge in [0.1, 0.15) is 12.4 Å². The second kappa shape index (κ2) is 5.19. The normalized spacial score (nSPS) is 11.7. The Kier molecular flexibility index (Phi) is 4.10. The Hall–Kier alpha value is -1.86. The Morgan fingerprint density at radius 1 is 1.50 bits per heavy atom. The van der Waals surface area contributed by atoms with Crippen molar-refractivity contribution in [1.29, 1.82) is 0 Å². The Labute approximate surface area is 102 Å². The number of carbonyl (C=O) groups excluding carboxylic acids is 1. The molecule has 1 heterocycles. The van der Waals surface area contributed by atoms with E-state index in [1.807, 2.05) is 0 Å². The van der Waals surface area contributed by atoms with E-state index in [-0.39, 0.29) is 17.3 Å². The van der Waals surface area contributed by atoms with E-state index in [1.165, 1.54) is 6.20 Å². The fourth-order valence-corrected chi connectivity index (χ4v) is 1.13. The van der Waals surface area contributed by atoms with Gasteiger partial charge in [-0.1, -0.05) is 13.8 Å². The van der Waals surface area contributed by atoms with Gasteiger partial charge in [0.05, 0.1) is 11.9 Å². The van der Waals surface area contributed by atoms with Gasteiger partial charge in [-0.3, -0.25) is 4.79 Å². The number of hydrogen-bond donors (Lipinski definition) is 2. The van der Waals surface area contributed by atoms with E-state index in [0.717, 1.165) is 0 Å². The third kappa shape index (κ3) is 3.86. The van der Waals surface area contributed by atoms with E-state index in [4.69, 9.17) is 5.73 Å². The van der Waals surface area contributed by atoms with E-state index < -0.39 is 18.6 Å². The molecule has 0 aliphatic heterocycles. The van der Waals surface area contributed by atoms with Crippen molar-refractivity contribution in [3.05, 3.63) is 17.7 Å². The maximum Gasteiger partial charge on any atom is 0.405 e. The lowest BCUT2D eigenvalue weighted by Gasteiger charge is -2.10. The van der Waals surface area contributed by atoms with Gasteiger partial charge in [0.2, 0.25) is 0 Å². The van der Waals surface area contributed by atoms with Crippen molar-refractivity contribution in [2.24, 2.45) is 0 Å². The van der Waals surface area contributed by atoms with Gasteiger partial charge in [-0.15, -0.1) is 0 Å². The van der Waals surface area contributed by atoms with E-state index in [0.29, 0.717) is 5.82 Å². The monoisotopic (exact) mass is 262 g/mol. The van der Waals surface area contributed by atoms with Crippen molar-refractivity contribution in [3.8, 4) is 0 Å². The number of carbonyl (C=O) groups is 1. The molecule has 0 aliphatic carbocycles. The van der Waals surface area contributed by atoms with Crippen molar-refractivity contribution in [2.75, 3.05) is 12.3 Å². The number of nitrogens with zero attached hydrogens (tertiary/aromatic N) is 2. The molecule has 0 saturated heterocycles. The van der Waals surface area contributed by atoms with Gasteiger partial charge >= 0.3 is 6.18 Å². The molecule has 1 amide bonds. The van der Waals surface area contributed by atoms with Crippen LogP contribution in [0.4, 0.5) is 18.9 Å². The van der Waals surface area contributed by atoms with Crippen LogP contribution in [0.2, 0.25) is 0 Å². The minimum absolute atomic E-state index is 0.0558. The lowest BCUT2D eigenvalue weighted by Crippen LogP contribution is -2.34. The summed E-state index contributed by atoms with van der Waals surface area (Å²) in [5.41, 5.74) is 5.17. The Balaban J connectivity index is 2.88. The van der Waals surface area contributed by atoms with Gasteiger partial charge in [-0.25, -0.2) is 9.97 Å². The quantitative estimate of drug-likeness (QED) is 0.864. The molecule has 100 valence electrons. The highest BCUT2D eigenvalue weighted by molar-refractivity contribution is 5.96. The van der Waals surface area contributed by atoms with Gasteiger partial charge in [0.25, 0.3) is 5.91 Å². The number of nitrogen functional groups attached to an aromatic ring is 1. The van der Waals surface area contributed by atoms with Crippen molar-refractivity contribution in [1.82, 2.24) is 15.3 Å². The van der Waals surface area contributed by atoms with Crippen LogP contribution in [-0.4, -0.2) is 28.6 Å². The van der Waals surface area contributed by atoms with Crippen LogP contribution in [0, 0.1) is 0 Å². The molecule has 8 heteroatoms. The summed E-state index contributed by atoms with van der Waals surface area (Å²) in [6.45, 7) is 2.16. The van der Waals surface area contributed by atoms with Crippen molar-refractivity contribution in [3.63, 3.8) is 0 Å². The number of alkyl halides is 3. The molecule has 0 bridgehead atoms. The molecule has 1 aromatic rings. The van der Waals surface area contributed by atoms with Crippen molar-refractivity contribution < 1.29 is 18.0 Å². The molecular weight excluding hydrogens is 249 g/mol. The fourth-order valence-electron chi connectivity index (χ4n) is 1.13. The van der Waals surface area contributed by atoms with Gasteiger partial charge in [0, 0.05) is 5.92 Å². The number of aromatic nitrogens is 2. The zero-order chi connectivity index (χ0) is 13.9. The molecular formula is C10H13F3N4O. The lowest BCUT2D eigenvalue weighted by molar-refractivity contribution is -0.123. The number of hydrogen-bond acceptors (Lipinski definition) is 4. The predicted octanol–water partition coefficient (Wildman–Crippen LogP) is 1.47. The molecule has 0 aliphatic rings. The molecule has 0 spiro atoms. The van der Waals surface area contributed by atoms with Crippen LogP contribution in [0.15, 0.2) is 6.20 Å². The highest BCUT2D eigenvalue weighted by atomic mass is 19.4. The van der Waals surface area contributed by atoms with Crippen LogP contribution in [-0.2, 0) is 0 Å². The number of anilines is 1. The summed E-state index contributed by atoms with van der Waals surface area (Å²) in [5, 5.41) is 1.71. The van der Waals surface area contributed by atoms with E-state index in [1.54, 1.807) is 19.2 Å². The van der Waals surface area contributed by atoms with Crippen LogP contribution < -0.4 is 11.1 Å². The summed E-state index contributed by atoms with van der Waals surface area (Å²) in [7, 11) is 0. The number of rotatable bonds is 3. The summed E-state index contributed by atoms with van der Waals surface area (Å²) in [4.78, 5) is 19.3. The molecule has 18 heavy (non-hydrogen) atoms. The molecule has 0 radical (unpaired) electrons. The molecule has 3 N–H and O–H groups in total. The third-order valence-corrected chi connectivity index (χ3v) is 2.02. The first-order chi connectivity index (χ1) is 8.20. The standard InChI is InChI=1S/C10H13F3N4O/c1-5(2)8-15-3-6(14)7(17-8)9(18)16-4-10(11,12)13/h3,5H,4,14H2,1-2H3,(H,16,18). The fraction of sp³-hybridized carbons (Fsp3) is 0.500. The third-order valence-electron chi connectivity index (χ3n) is 2.02. The first-order valence-electron chi connectivity index (χ1n) is 5.18. The zero-order valence-corrected chi connectivity index (χ0v) is 9.88. The minimum atomic E-state index is -4.47. The molecule has 0 fully saturated rings. The number of nitrogens with two attached hydrogens (primary N) is 1. The van der Waals surface area contributed by atoms with Crippen LogP contribution in [0.3, 0.4) is 0 Å². The topological polar surface area (TPSA) is 80.9 Å². The van der Waals surface area contributed by atoms with E-state index in [2.05, 4.69) is 9.97 Å². The Bertz CT molecular complexity index is 445. The Morgan fingerprint density at radius 3 is 2.61 bits per heavy atom. The largest absolute Gasteiger partial charge is 0.405 e. The molecule has 0 unspecified atom stereocenters. The number of nitrogens with one attached hydrogen (secondary N) is 1. The molecule has 5 nitrogen and oxygen atoms in total. The molecule has 0 aromatic carbocycles. The molecule has 0 atom stereocenters. The van der Waals surface area contributed by atoms with E-state index in [9.17, 15) is 18.0 Å². The second-order valence-corrected chi connectivity index (χ2v) is 3.98. The Morgan fingerprint density at radius 2 is 2.11 bits per heavy atom. The molecule has 1 rings (SSSR count). The zero-order valence-electron chi connectivity index (χ0n) is 9.88. The van der Waals surface area contributed by atoms with Crippen molar-refractivity contribution in [2.45, 2.75) is 25.9 Å². The smallest absolute Gasteiger partial charge is 0.396 e. The lowest BCUT2D eigenvalue weighted by atomic mass is 10.2.